The summed E-state index contributed by atoms with van der Waals surface area (Å²) in [6.45, 7) is 1.43. The van der Waals surface area contributed by atoms with Crippen molar-refractivity contribution in [3.8, 4) is 11.3 Å². The van der Waals surface area contributed by atoms with Crippen LogP contribution >= 0.6 is 11.8 Å². The maximum absolute atomic E-state index is 12.1. The van der Waals surface area contributed by atoms with Crippen molar-refractivity contribution in [1.82, 2.24) is 15.2 Å². The molecule has 0 saturated heterocycles. The fraction of sp³-hybridized carbons (Fsp3) is 0.105. The minimum absolute atomic E-state index is 0.165. The quantitative estimate of drug-likeness (QED) is 0.638. The first kappa shape index (κ1) is 18.5. The maximum atomic E-state index is 12.1. The number of benzene rings is 1. The Bertz CT molecular complexity index is 932. The van der Waals surface area contributed by atoms with Gasteiger partial charge in [0, 0.05) is 36.3 Å². The van der Waals surface area contributed by atoms with Gasteiger partial charge in [-0.1, -0.05) is 17.8 Å². The lowest BCUT2D eigenvalue weighted by Gasteiger charge is -2.07. The average Bonchev–Trinajstić information content (AvgIpc) is 2.67. The van der Waals surface area contributed by atoms with Gasteiger partial charge in [0.05, 0.1) is 11.4 Å². The fourth-order valence-corrected chi connectivity index (χ4v) is 2.89. The van der Waals surface area contributed by atoms with E-state index in [1.807, 2.05) is 24.3 Å². The van der Waals surface area contributed by atoms with E-state index < -0.39 is 0 Å². The molecule has 0 aliphatic rings. The molecule has 3 rings (SSSR count). The zero-order chi connectivity index (χ0) is 19.1. The molecule has 0 aliphatic carbocycles. The summed E-state index contributed by atoms with van der Waals surface area (Å²) in [5, 5.41) is 14.4. The lowest BCUT2D eigenvalue weighted by molar-refractivity contribution is -0.114. The van der Waals surface area contributed by atoms with Crippen LogP contribution in [0.5, 0.6) is 0 Å². The molecular weight excluding hydrogens is 362 g/mol. The topological polar surface area (TPSA) is 96.9 Å². The first-order valence-electron chi connectivity index (χ1n) is 8.14. The summed E-state index contributed by atoms with van der Waals surface area (Å²) in [5.74, 6) is -0.133. The molecule has 2 heterocycles. The third kappa shape index (κ3) is 5.61. The lowest BCUT2D eigenvalue weighted by Crippen LogP contribution is -2.14. The number of hydrogen-bond donors (Lipinski definition) is 2. The van der Waals surface area contributed by atoms with Crippen LogP contribution in [-0.4, -0.2) is 32.7 Å². The second kappa shape index (κ2) is 8.91. The number of rotatable bonds is 6. The Kier molecular flexibility index (Phi) is 6.11. The third-order valence-electron chi connectivity index (χ3n) is 3.42. The van der Waals surface area contributed by atoms with E-state index in [9.17, 15) is 9.59 Å². The molecule has 2 aromatic heterocycles. The van der Waals surface area contributed by atoms with Crippen LogP contribution in [0.2, 0.25) is 0 Å². The predicted octanol–water partition coefficient (Wildman–Crippen LogP) is 3.23. The van der Waals surface area contributed by atoms with Crippen molar-refractivity contribution in [3.63, 3.8) is 0 Å². The number of nitrogens with one attached hydrogen (secondary N) is 2. The van der Waals surface area contributed by atoms with Gasteiger partial charge in [-0.3, -0.25) is 14.6 Å². The van der Waals surface area contributed by atoms with E-state index in [0.29, 0.717) is 16.4 Å². The Hall–Kier alpha value is -3.26. The maximum Gasteiger partial charge on any atom is 0.234 e. The van der Waals surface area contributed by atoms with Gasteiger partial charge in [0.2, 0.25) is 11.8 Å². The highest BCUT2D eigenvalue weighted by Crippen LogP contribution is 2.20. The summed E-state index contributed by atoms with van der Waals surface area (Å²) in [7, 11) is 0. The molecule has 1 aromatic carbocycles. The SMILES string of the molecule is CC(=O)Nc1cccc(NC(=O)CSc2ccc(-c3cccnc3)nn2)c1. The first-order chi connectivity index (χ1) is 13.1. The van der Waals surface area contributed by atoms with E-state index in [1.165, 1.54) is 18.7 Å². The van der Waals surface area contributed by atoms with E-state index >= 15 is 0 Å². The smallest absolute Gasteiger partial charge is 0.234 e. The minimum Gasteiger partial charge on any atom is -0.326 e. The van der Waals surface area contributed by atoms with Crippen molar-refractivity contribution in [2.45, 2.75) is 11.9 Å². The van der Waals surface area contributed by atoms with Crippen molar-refractivity contribution in [3.05, 3.63) is 60.9 Å². The number of nitrogens with zero attached hydrogens (tertiary/aromatic N) is 3. The molecule has 136 valence electrons. The molecule has 0 unspecified atom stereocenters. The Morgan fingerprint density at radius 3 is 2.48 bits per heavy atom. The summed E-state index contributed by atoms with van der Waals surface area (Å²) in [4.78, 5) is 27.3. The van der Waals surface area contributed by atoms with Gasteiger partial charge in [0.15, 0.2) is 0 Å². The van der Waals surface area contributed by atoms with Crippen molar-refractivity contribution in [1.29, 1.82) is 0 Å². The summed E-state index contributed by atoms with van der Waals surface area (Å²) in [6, 6.07) is 14.4. The van der Waals surface area contributed by atoms with Crippen molar-refractivity contribution in [2.75, 3.05) is 16.4 Å². The van der Waals surface area contributed by atoms with Gasteiger partial charge in [-0.15, -0.1) is 10.2 Å². The van der Waals surface area contributed by atoms with Gasteiger partial charge in [0.25, 0.3) is 0 Å². The van der Waals surface area contributed by atoms with Crippen LogP contribution in [-0.2, 0) is 9.59 Å². The lowest BCUT2D eigenvalue weighted by atomic mass is 10.2. The van der Waals surface area contributed by atoms with Gasteiger partial charge in [-0.25, -0.2) is 0 Å². The zero-order valence-electron chi connectivity index (χ0n) is 14.5. The molecule has 2 amide bonds. The summed E-state index contributed by atoms with van der Waals surface area (Å²) in [5.41, 5.74) is 2.86. The molecule has 0 aliphatic heterocycles. The van der Waals surface area contributed by atoms with Gasteiger partial charge in [-0.05, 0) is 42.5 Å². The number of hydrogen-bond acceptors (Lipinski definition) is 6. The highest BCUT2D eigenvalue weighted by Gasteiger charge is 2.07. The molecular formula is C19H17N5O2S. The molecule has 2 N–H and O–H groups in total. The standard InChI is InChI=1S/C19H17N5O2S/c1-13(25)21-15-5-2-6-16(10-15)22-18(26)12-27-19-8-7-17(23-24-19)14-4-3-9-20-11-14/h2-11H,12H2,1H3,(H,21,25)(H,22,26). The normalized spacial score (nSPS) is 10.3. The summed E-state index contributed by atoms with van der Waals surface area (Å²) < 4.78 is 0. The van der Waals surface area contributed by atoms with Crippen LogP contribution in [0.25, 0.3) is 11.3 Å². The van der Waals surface area contributed by atoms with E-state index in [1.54, 1.807) is 36.7 Å². The molecule has 7 nitrogen and oxygen atoms in total. The number of carbonyl (C=O) groups excluding carboxylic acids is 2. The number of amides is 2. The molecule has 0 bridgehead atoms. The Morgan fingerprint density at radius 2 is 1.81 bits per heavy atom. The van der Waals surface area contributed by atoms with E-state index in [2.05, 4.69) is 25.8 Å². The van der Waals surface area contributed by atoms with Gasteiger partial charge in [-0.2, -0.15) is 0 Å². The Balaban J connectivity index is 1.54. The van der Waals surface area contributed by atoms with Crippen molar-refractivity contribution < 1.29 is 9.59 Å². The highest BCUT2D eigenvalue weighted by molar-refractivity contribution is 7.99. The third-order valence-corrected chi connectivity index (χ3v) is 4.34. The van der Waals surface area contributed by atoms with E-state index in [0.717, 1.165) is 11.3 Å². The number of carbonyl (C=O) groups is 2. The highest BCUT2D eigenvalue weighted by atomic mass is 32.2. The first-order valence-corrected chi connectivity index (χ1v) is 9.13. The molecule has 0 spiro atoms. The van der Waals surface area contributed by atoms with Crippen LogP contribution in [0.1, 0.15) is 6.92 Å². The minimum atomic E-state index is -0.168. The van der Waals surface area contributed by atoms with Crippen LogP contribution in [0.3, 0.4) is 0 Å². The zero-order valence-corrected chi connectivity index (χ0v) is 15.4. The second-order valence-electron chi connectivity index (χ2n) is 5.60. The summed E-state index contributed by atoms with van der Waals surface area (Å²) in [6.07, 6.45) is 3.42. The molecule has 0 fully saturated rings. The molecule has 8 heteroatoms. The fourth-order valence-electron chi connectivity index (χ4n) is 2.28. The van der Waals surface area contributed by atoms with Crippen LogP contribution < -0.4 is 10.6 Å². The number of aromatic nitrogens is 3. The Morgan fingerprint density at radius 1 is 1.00 bits per heavy atom. The molecule has 0 saturated carbocycles. The predicted molar refractivity (Wildman–Crippen MR) is 105 cm³/mol. The monoisotopic (exact) mass is 379 g/mol. The van der Waals surface area contributed by atoms with Crippen LogP contribution in [0, 0.1) is 0 Å². The van der Waals surface area contributed by atoms with E-state index in [4.69, 9.17) is 0 Å². The van der Waals surface area contributed by atoms with Crippen molar-refractivity contribution in [2.24, 2.45) is 0 Å². The van der Waals surface area contributed by atoms with Gasteiger partial charge in [0.1, 0.15) is 5.03 Å². The number of pyridine rings is 1. The van der Waals surface area contributed by atoms with Gasteiger partial charge >= 0.3 is 0 Å². The van der Waals surface area contributed by atoms with E-state index in [-0.39, 0.29) is 17.6 Å². The summed E-state index contributed by atoms with van der Waals surface area (Å²) >= 11 is 1.30. The number of thioether (sulfide) groups is 1. The number of anilines is 2. The average molecular weight is 379 g/mol. The van der Waals surface area contributed by atoms with Crippen LogP contribution in [0.15, 0.2) is 66.0 Å². The molecule has 0 atom stereocenters. The van der Waals surface area contributed by atoms with Crippen molar-refractivity contribution >= 4 is 35.0 Å². The molecule has 27 heavy (non-hydrogen) atoms. The molecule has 3 aromatic rings. The van der Waals surface area contributed by atoms with Crippen LogP contribution in [0.4, 0.5) is 11.4 Å². The van der Waals surface area contributed by atoms with Gasteiger partial charge < -0.3 is 10.6 Å². The second-order valence-corrected chi connectivity index (χ2v) is 6.59. The largest absolute Gasteiger partial charge is 0.326 e. The Labute approximate surface area is 160 Å². The molecule has 0 radical (unpaired) electrons.